The minimum atomic E-state index is -0.280. The van der Waals surface area contributed by atoms with Crippen LogP contribution in [0, 0.1) is 20.8 Å². The number of aryl methyl sites for hydroxylation is 3. The number of rotatable bonds is 6. The molecule has 0 aliphatic carbocycles. The standard InChI is InChI=1S/C21H21N5O3S/c1-12-5-7-16(9-13(12)2)29-11-19(27)22-17-10-15(6-8-18(17)28-4)20-25-26-14(3)23-24-21(26)30-20/h5-10H,11H2,1-4H3,(H,22,27). The Morgan fingerprint density at radius 3 is 2.67 bits per heavy atom. The van der Waals surface area contributed by atoms with Gasteiger partial charge in [-0.05, 0) is 62.2 Å². The summed E-state index contributed by atoms with van der Waals surface area (Å²) in [6.45, 7) is 5.78. The first-order valence-corrected chi connectivity index (χ1v) is 10.1. The van der Waals surface area contributed by atoms with Crippen LogP contribution in [0.1, 0.15) is 17.0 Å². The van der Waals surface area contributed by atoms with Gasteiger partial charge in [-0.1, -0.05) is 17.4 Å². The molecule has 30 heavy (non-hydrogen) atoms. The highest BCUT2D eigenvalue weighted by Crippen LogP contribution is 2.32. The van der Waals surface area contributed by atoms with Crippen LogP contribution in [0.2, 0.25) is 0 Å². The SMILES string of the molecule is COc1ccc(-c2nn3c(C)nnc3s2)cc1NC(=O)COc1ccc(C)c(C)c1. The van der Waals surface area contributed by atoms with Crippen LogP contribution in [0.15, 0.2) is 36.4 Å². The number of benzene rings is 2. The van der Waals surface area contributed by atoms with E-state index in [1.807, 2.05) is 51.1 Å². The number of ether oxygens (including phenoxy) is 2. The number of amides is 1. The number of carbonyl (C=O) groups excluding carboxylic acids is 1. The molecule has 0 saturated heterocycles. The van der Waals surface area contributed by atoms with E-state index in [-0.39, 0.29) is 12.5 Å². The third-order valence-electron chi connectivity index (χ3n) is 4.72. The summed E-state index contributed by atoms with van der Waals surface area (Å²) in [4.78, 5) is 13.2. The zero-order valence-corrected chi connectivity index (χ0v) is 17.9. The monoisotopic (exact) mass is 423 g/mol. The molecule has 0 unspecified atom stereocenters. The summed E-state index contributed by atoms with van der Waals surface area (Å²) in [6.07, 6.45) is 0. The largest absolute Gasteiger partial charge is 0.495 e. The van der Waals surface area contributed by atoms with Crippen LogP contribution in [-0.2, 0) is 4.79 Å². The summed E-state index contributed by atoms with van der Waals surface area (Å²) in [6, 6.07) is 11.3. The van der Waals surface area contributed by atoms with Crippen LogP contribution in [0.25, 0.3) is 15.5 Å². The predicted molar refractivity (Wildman–Crippen MR) is 115 cm³/mol. The predicted octanol–water partition coefficient (Wildman–Crippen LogP) is 3.80. The molecule has 0 bridgehead atoms. The van der Waals surface area contributed by atoms with Crippen LogP contribution in [0.5, 0.6) is 11.5 Å². The second-order valence-corrected chi connectivity index (χ2v) is 7.80. The average molecular weight is 423 g/mol. The van der Waals surface area contributed by atoms with Crippen molar-refractivity contribution in [2.45, 2.75) is 20.8 Å². The number of fused-ring (bicyclic) bond motifs is 1. The van der Waals surface area contributed by atoms with Crippen molar-refractivity contribution in [3.63, 3.8) is 0 Å². The highest BCUT2D eigenvalue weighted by atomic mass is 32.1. The minimum Gasteiger partial charge on any atom is -0.495 e. The lowest BCUT2D eigenvalue weighted by molar-refractivity contribution is -0.118. The zero-order valence-electron chi connectivity index (χ0n) is 17.1. The van der Waals surface area contributed by atoms with Crippen molar-refractivity contribution in [2.24, 2.45) is 0 Å². The minimum absolute atomic E-state index is 0.105. The van der Waals surface area contributed by atoms with E-state index < -0.39 is 0 Å². The van der Waals surface area contributed by atoms with Gasteiger partial charge in [-0.25, -0.2) is 0 Å². The fraction of sp³-hybridized carbons (Fsp3) is 0.238. The van der Waals surface area contributed by atoms with Gasteiger partial charge in [-0.3, -0.25) is 4.79 Å². The first-order valence-electron chi connectivity index (χ1n) is 9.32. The van der Waals surface area contributed by atoms with Gasteiger partial charge >= 0.3 is 0 Å². The Hall–Kier alpha value is -3.46. The third kappa shape index (κ3) is 3.97. The fourth-order valence-corrected chi connectivity index (χ4v) is 3.79. The maximum absolute atomic E-state index is 12.5. The van der Waals surface area contributed by atoms with E-state index in [0.717, 1.165) is 22.0 Å². The maximum atomic E-state index is 12.5. The Morgan fingerprint density at radius 2 is 1.93 bits per heavy atom. The van der Waals surface area contributed by atoms with E-state index in [9.17, 15) is 4.79 Å². The summed E-state index contributed by atoms with van der Waals surface area (Å²) >= 11 is 1.42. The summed E-state index contributed by atoms with van der Waals surface area (Å²) in [7, 11) is 1.56. The van der Waals surface area contributed by atoms with Crippen LogP contribution < -0.4 is 14.8 Å². The molecule has 0 atom stereocenters. The van der Waals surface area contributed by atoms with Gasteiger partial charge in [0.2, 0.25) is 4.96 Å². The molecule has 2 heterocycles. The Kier molecular flexibility index (Phi) is 5.37. The number of carbonyl (C=O) groups is 1. The lowest BCUT2D eigenvalue weighted by Gasteiger charge is -2.12. The molecule has 2 aromatic carbocycles. The molecule has 2 aromatic heterocycles. The third-order valence-corrected chi connectivity index (χ3v) is 5.66. The van der Waals surface area contributed by atoms with Crippen LogP contribution in [0.3, 0.4) is 0 Å². The van der Waals surface area contributed by atoms with E-state index >= 15 is 0 Å². The number of hydrogen-bond acceptors (Lipinski definition) is 7. The van der Waals surface area contributed by atoms with Gasteiger partial charge < -0.3 is 14.8 Å². The van der Waals surface area contributed by atoms with E-state index in [0.29, 0.717) is 22.1 Å². The van der Waals surface area contributed by atoms with Crippen molar-refractivity contribution in [3.05, 3.63) is 53.3 Å². The molecule has 154 valence electrons. The number of nitrogens with one attached hydrogen (secondary N) is 1. The van der Waals surface area contributed by atoms with Crippen molar-refractivity contribution >= 4 is 27.9 Å². The van der Waals surface area contributed by atoms with E-state index in [2.05, 4.69) is 20.6 Å². The molecular formula is C21H21N5O3S. The number of anilines is 1. The van der Waals surface area contributed by atoms with Gasteiger partial charge in [0.05, 0.1) is 12.8 Å². The molecule has 1 amide bonds. The van der Waals surface area contributed by atoms with Crippen LogP contribution in [0.4, 0.5) is 5.69 Å². The lowest BCUT2D eigenvalue weighted by atomic mass is 10.1. The van der Waals surface area contributed by atoms with E-state index in [1.165, 1.54) is 16.9 Å². The van der Waals surface area contributed by atoms with Gasteiger partial charge in [-0.2, -0.15) is 9.61 Å². The fourth-order valence-electron chi connectivity index (χ4n) is 2.91. The molecule has 9 heteroatoms. The average Bonchev–Trinajstić information content (AvgIpc) is 3.31. The van der Waals surface area contributed by atoms with Crippen molar-refractivity contribution in [2.75, 3.05) is 19.0 Å². The van der Waals surface area contributed by atoms with E-state index in [1.54, 1.807) is 17.7 Å². The molecule has 0 fully saturated rings. The molecule has 4 rings (SSSR count). The van der Waals surface area contributed by atoms with Gasteiger partial charge in [0.25, 0.3) is 5.91 Å². The van der Waals surface area contributed by atoms with Crippen molar-refractivity contribution < 1.29 is 14.3 Å². The Morgan fingerprint density at radius 1 is 1.10 bits per heavy atom. The molecule has 0 aliphatic heterocycles. The number of nitrogens with zero attached hydrogens (tertiary/aromatic N) is 4. The van der Waals surface area contributed by atoms with E-state index in [4.69, 9.17) is 9.47 Å². The first kappa shape index (κ1) is 19.8. The normalized spacial score (nSPS) is 10.9. The molecule has 1 N–H and O–H groups in total. The van der Waals surface area contributed by atoms with Gasteiger partial charge in [0.1, 0.15) is 16.5 Å². The van der Waals surface area contributed by atoms with Gasteiger partial charge in [0, 0.05) is 5.56 Å². The quantitative estimate of drug-likeness (QED) is 0.507. The summed E-state index contributed by atoms with van der Waals surface area (Å²) in [5.74, 6) is 1.65. The number of methoxy groups -OCH3 is 1. The number of aromatic nitrogens is 4. The summed E-state index contributed by atoms with van der Waals surface area (Å²) in [5, 5.41) is 16.3. The molecular weight excluding hydrogens is 402 g/mol. The van der Waals surface area contributed by atoms with Crippen molar-refractivity contribution in [1.29, 1.82) is 0 Å². The summed E-state index contributed by atoms with van der Waals surface area (Å²) < 4.78 is 12.7. The van der Waals surface area contributed by atoms with Gasteiger partial charge in [-0.15, -0.1) is 10.2 Å². The molecule has 8 nitrogen and oxygen atoms in total. The van der Waals surface area contributed by atoms with Gasteiger partial charge in [0.15, 0.2) is 12.4 Å². The van der Waals surface area contributed by atoms with Crippen molar-refractivity contribution in [3.8, 4) is 22.1 Å². The molecule has 0 radical (unpaired) electrons. The molecule has 4 aromatic rings. The smallest absolute Gasteiger partial charge is 0.262 e. The molecule has 0 aliphatic rings. The van der Waals surface area contributed by atoms with Crippen molar-refractivity contribution in [1.82, 2.24) is 19.8 Å². The van der Waals surface area contributed by atoms with Crippen LogP contribution >= 0.6 is 11.3 Å². The lowest BCUT2D eigenvalue weighted by Crippen LogP contribution is -2.20. The Balaban J connectivity index is 1.51. The number of hydrogen-bond donors (Lipinski definition) is 1. The highest BCUT2D eigenvalue weighted by Gasteiger charge is 2.14. The Labute approximate surface area is 177 Å². The molecule has 0 spiro atoms. The summed E-state index contributed by atoms with van der Waals surface area (Å²) in [5.41, 5.74) is 3.68. The van der Waals surface area contributed by atoms with Crippen LogP contribution in [-0.4, -0.2) is 39.4 Å². The first-order chi connectivity index (χ1) is 14.4. The zero-order chi connectivity index (χ0) is 21.3. The second kappa shape index (κ2) is 8.11. The highest BCUT2D eigenvalue weighted by molar-refractivity contribution is 7.19. The maximum Gasteiger partial charge on any atom is 0.262 e. The topological polar surface area (TPSA) is 90.6 Å². The second-order valence-electron chi connectivity index (χ2n) is 6.85. The molecule has 0 saturated carbocycles. The Bertz CT molecular complexity index is 1230.